The van der Waals surface area contributed by atoms with Gasteiger partial charge in [-0.05, 0) is 24.3 Å². The number of aromatic nitrogens is 2. The van der Waals surface area contributed by atoms with Crippen LogP contribution in [-0.4, -0.2) is 27.0 Å². The van der Waals surface area contributed by atoms with Gasteiger partial charge in [-0.2, -0.15) is 0 Å². The van der Waals surface area contributed by atoms with E-state index in [1.807, 2.05) is 0 Å². The van der Waals surface area contributed by atoms with Crippen molar-refractivity contribution in [2.24, 2.45) is 0 Å². The second kappa shape index (κ2) is 5.87. The van der Waals surface area contributed by atoms with Gasteiger partial charge in [-0.3, -0.25) is 9.78 Å². The number of nitrogens with zero attached hydrogens (tertiary/aromatic N) is 2. The van der Waals surface area contributed by atoms with Crippen molar-refractivity contribution in [1.29, 1.82) is 0 Å². The Labute approximate surface area is 113 Å². The normalized spacial score (nSPS) is 10.1. The molecule has 0 aromatic carbocycles. The largest absolute Gasteiger partial charge is 0.478 e. The highest BCUT2D eigenvalue weighted by Gasteiger charge is 2.08. The van der Waals surface area contributed by atoms with Gasteiger partial charge < -0.3 is 10.4 Å². The molecule has 2 aromatic heterocycles. The quantitative estimate of drug-likeness (QED) is 0.875. The molecule has 0 unspecified atom stereocenters. The molecule has 7 heteroatoms. The van der Waals surface area contributed by atoms with E-state index in [2.05, 4.69) is 15.3 Å². The summed E-state index contributed by atoms with van der Waals surface area (Å²) in [5.74, 6) is -2.09. The Morgan fingerprint density at radius 3 is 2.70 bits per heavy atom. The summed E-state index contributed by atoms with van der Waals surface area (Å²) in [4.78, 5) is 30.1. The number of aromatic carboxylic acids is 1. The third-order valence-electron chi connectivity index (χ3n) is 2.45. The Kier molecular flexibility index (Phi) is 3.99. The number of rotatable bonds is 4. The fourth-order valence-electron chi connectivity index (χ4n) is 1.48. The summed E-state index contributed by atoms with van der Waals surface area (Å²) >= 11 is 0. The van der Waals surface area contributed by atoms with Crippen molar-refractivity contribution in [3.05, 3.63) is 59.4 Å². The van der Waals surface area contributed by atoms with Crippen LogP contribution in [0.3, 0.4) is 0 Å². The van der Waals surface area contributed by atoms with Crippen LogP contribution in [0.2, 0.25) is 0 Å². The first-order valence-corrected chi connectivity index (χ1v) is 5.64. The Hall–Kier alpha value is -2.83. The van der Waals surface area contributed by atoms with Crippen LogP contribution in [0.1, 0.15) is 26.5 Å². The molecule has 20 heavy (non-hydrogen) atoms. The number of pyridine rings is 2. The standard InChI is InChI=1S/C13H10FN3O3/c14-9-1-2-11(16-6-9)12(18)17-7-10-5-8(13(19)20)3-4-15-10/h1-6H,7H2,(H,17,18)(H,19,20). The van der Waals surface area contributed by atoms with Crippen molar-refractivity contribution in [3.8, 4) is 0 Å². The molecule has 0 fully saturated rings. The highest BCUT2D eigenvalue weighted by molar-refractivity contribution is 5.92. The van der Waals surface area contributed by atoms with E-state index in [-0.39, 0.29) is 17.8 Å². The van der Waals surface area contributed by atoms with Gasteiger partial charge in [0.25, 0.3) is 5.91 Å². The van der Waals surface area contributed by atoms with E-state index in [0.717, 1.165) is 12.3 Å². The molecule has 6 nitrogen and oxygen atoms in total. The number of carbonyl (C=O) groups is 2. The summed E-state index contributed by atoms with van der Waals surface area (Å²) in [6.45, 7) is 0.0546. The minimum Gasteiger partial charge on any atom is -0.478 e. The van der Waals surface area contributed by atoms with E-state index in [1.54, 1.807) is 0 Å². The van der Waals surface area contributed by atoms with Crippen molar-refractivity contribution in [1.82, 2.24) is 15.3 Å². The number of carboxylic acid groups (broad SMARTS) is 1. The van der Waals surface area contributed by atoms with Crippen LogP contribution in [0.5, 0.6) is 0 Å². The SMILES string of the molecule is O=C(O)c1ccnc(CNC(=O)c2ccc(F)cn2)c1. The van der Waals surface area contributed by atoms with Gasteiger partial charge in [-0.25, -0.2) is 14.2 Å². The lowest BCUT2D eigenvalue weighted by molar-refractivity contribution is 0.0696. The first-order chi connectivity index (χ1) is 9.56. The van der Waals surface area contributed by atoms with Crippen molar-refractivity contribution < 1.29 is 19.1 Å². The second-order valence-electron chi connectivity index (χ2n) is 3.89. The second-order valence-corrected chi connectivity index (χ2v) is 3.89. The van der Waals surface area contributed by atoms with Crippen LogP contribution in [0, 0.1) is 5.82 Å². The first kappa shape index (κ1) is 13.6. The smallest absolute Gasteiger partial charge is 0.335 e. The number of hydrogen-bond donors (Lipinski definition) is 2. The molecule has 0 saturated carbocycles. The molecule has 2 heterocycles. The maximum absolute atomic E-state index is 12.7. The summed E-state index contributed by atoms with van der Waals surface area (Å²) < 4.78 is 12.7. The lowest BCUT2D eigenvalue weighted by atomic mass is 10.2. The van der Waals surface area contributed by atoms with Gasteiger partial charge >= 0.3 is 5.97 Å². The molecule has 0 aliphatic heterocycles. The molecular formula is C13H10FN3O3. The third kappa shape index (κ3) is 3.35. The molecule has 2 rings (SSSR count). The van der Waals surface area contributed by atoms with Crippen molar-refractivity contribution >= 4 is 11.9 Å². The molecule has 0 bridgehead atoms. The van der Waals surface area contributed by atoms with E-state index in [1.165, 1.54) is 24.4 Å². The molecular weight excluding hydrogens is 265 g/mol. The number of carboxylic acids is 1. The Balaban J connectivity index is 2.01. The van der Waals surface area contributed by atoms with Gasteiger partial charge in [-0.15, -0.1) is 0 Å². The number of amides is 1. The summed E-state index contributed by atoms with van der Waals surface area (Å²) in [5.41, 5.74) is 0.560. The van der Waals surface area contributed by atoms with Crippen molar-refractivity contribution in [2.75, 3.05) is 0 Å². The van der Waals surface area contributed by atoms with Crippen LogP contribution in [0.25, 0.3) is 0 Å². The van der Waals surface area contributed by atoms with Gasteiger partial charge in [-0.1, -0.05) is 0 Å². The van der Waals surface area contributed by atoms with E-state index in [9.17, 15) is 14.0 Å². The summed E-state index contributed by atoms with van der Waals surface area (Å²) in [5, 5.41) is 11.4. The molecule has 0 spiro atoms. The van der Waals surface area contributed by atoms with Gasteiger partial charge in [0.15, 0.2) is 0 Å². The molecule has 0 saturated heterocycles. The summed E-state index contributed by atoms with van der Waals surface area (Å²) in [7, 11) is 0. The van der Waals surface area contributed by atoms with Gasteiger partial charge in [0.1, 0.15) is 11.5 Å². The van der Waals surface area contributed by atoms with E-state index in [4.69, 9.17) is 5.11 Å². The molecule has 0 radical (unpaired) electrons. The van der Waals surface area contributed by atoms with E-state index >= 15 is 0 Å². The zero-order valence-corrected chi connectivity index (χ0v) is 10.2. The van der Waals surface area contributed by atoms with Gasteiger partial charge in [0.2, 0.25) is 0 Å². The Morgan fingerprint density at radius 2 is 2.05 bits per heavy atom. The molecule has 102 valence electrons. The summed E-state index contributed by atoms with van der Waals surface area (Å²) in [6, 6.07) is 5.10. The maximum Gasteiger partial charge on any atom is 0.335 e. The monoisotopic (exact) mass is 275 g/mol. The van der Waals surface area contributed by atoms with Crippen LogP contribution < -0.4 is 5.32 Å². The van der Waals surface area contributed by atoms with Crippen LogP contribution in [-0.2, 0) is 6.54 Å². The van der Waals surface area contributed by atoms with Crippen molar-refractivity contribution in [2.45, 2.75) is 6.54 Å². The summed E-state index contributed by atoms with van der Waals surface area (Å²) in [6.07, 6.45) is 2.29. The van der Waals surface area contributed by atoms with Gasteiger partial charge in [0, 0.05) is 6.20 Å². The fraction of sp³-hybridized carbons (Fsp3) is 0.0769. The topological polar surface area (TPSA) is 92.2 Å². The van der Waals surface area contributed by atoms with E-state index < -0.39 is 17.7 Å². The first-order valence-electron chi connectivity index (χ1n) is 5.64. The van der Waals surface area contributed by atoms with Crippen LogP contribution in [0.15, 0.2) is 36.7 Å². The lowest BCUT2D eigenvalue weighted by Gasteiger charge is -2.04. The molecule has 2 aromatic rings. The van der Waals surface area contributed by atoms with Gasteiger partial charge in [0.05, 0.1) is 24.0 Å². The Bertz CT molecular complexity index is 644. The maximum atomic E-state index is 12.7. The molecule has 0 atom stereocenters. The van der Waals surface area contributed by atoms with Crippen molar-refractivity contribution in [3.63, 3.8) is 0 Å². The minimum atomic E-state index is -1.07. The third-order valence-corrected chi connectivity index (χ3v) is 2.45. The minimum absolute atomic E-state index is 0.0546. The highest BCUT2D eigenvalue weighted by atomic mass is 19.1. The fourth-order valence-corrected chi connectivity index (χ4v) is 1.48. The number of nitrogens with one attached hydrogen (secondary N) is 1. The lowest BCUT2D eigenvalue weighted by Crippen LogP contribution is -2.24. The average molecular weight is 275 g/mol. The number of halogens is 1. The number of hydrogen-bond acceptors (Lipinski definition) is 4. The number of carbonyl (C=O) groups excluding carboxylic acids is 1. The zero-order chi connectivity index (χ0) is 14.5. The molecule has 1 amide bonds. The average Bonchev–Trinajstić information content (AvgIpc) is 2.46. The zero-order valence-electron chi connectivity index (χ0n) is 10.2. The molecule has 0 aliphatic carbocycles. The highest BCUT2D eigenvalue weighted by Crippen LogP contribution is 2.03. The van der Waals surface area contributed by atoms with Crippen LogP contribution in [0.4, 0.5) is 4.39 Å². The van der Waals surface area contributed by atoms with Crippen LogP contribution >= 0.6 is 0 Å². The predicted octanol–water partition coefficient (Wildman–Crippen LogP) is 1.24. The molecule has 2 N–H and O–H groups in total. The van der Waals surface area contributed by atoms with E-state index in [0.29, 0.717) is 5.69 Å². The predicted molar refractivity (Wildman–Crippen MR) is 66.6 cm³/mol. The Morgan fingerprint density at radius 1 is 1.25 bits per heavy atom. The molecule has 0 aliphatic rings.